The van der Waals surface area contributed by atoms with Crippen molar-refractivity contribution >= 4 is 18.8 Å². The van der Waals surface area contributed by atoms with Crippen LogP contribution in [0, 0.1) is 0 Å². The quantitative estimate of drug-likeness (QED) is 0.581. The average molecular weight is 166 g/mol. The molecule has 0 aliphatic carbocycles. The van der Waals surface area contributed by atoms with Crippen molar-refractivity contribution in [2.24, 2.45) is 0 Å². The Hall–Kier alpha value is -0.240. The lowest BCUT2D eigenvalue weighted by Crippen LogP contribution is -2.29. The molecule has 2 nitrogen and oxygen atoms in total. The Morgan fingerprint density at radius 3 is 2.10 bits per heavy atom. The highest BCUT2D eigenvalue weighted by Gasteiger charge is 2.02. The Labute approximate surface area is 69.0 Å². The van der Waals surface area contributed by atoms with Crippen LogP contribution in [0.25, 0.3) is 0 Å². The van der Waals surface area contributed by atoms with Crippen LogP contribution in [0.1, 0.15) is 27.2 Å². The first-order chi connectivity index (χ1) is 4.22. The van der Waals surface area contributed by atoms with Crippen LogP contribution >= 0.6 is 12.4 Å². The van der Waals surface area contributed by atoms with Crippen molar-refractivity contribution < 1.29 is 4.79 Å². The molecule has 62 valence electrons. The van der Waals surface area contributed by atoms with E-state index in [2.05, 4.69) is 6.92 Å². The molecule has 0 fully saturated rings. The van der Waals surface area contributed by atoms with E-state index in [-0.39, 0.29) is 12.4 Å². The Bertz CT molecular complexity index is 85.7. The highest BCUT2D eigenvalue weighted by atomic mass is 35.5. The van der Waals surface area contributed by atoms with Crippen LogP contribution in [0.5, 0.6) is 0 Å². The third-order valence-corrected chi connectivity index (χ3v) is 1.28. The molecule has 1 amide bonds. The first-order valence-electron chi connectivity index (χ1n) is 3.43. The first kappa shape index (κ1) is 12.4. The van der Waals surface area contributed by atoms with Gasteiger partial charge in [0.25, 0.3) is 0 Å². The molecule has 0 aromatic rings. The number of nitrogens with zero attached hydrogens (tertiary/aromatic N) is 1. The van der Waals surface area contributed by atoms with E-state index in [0.717, 1.165) is 19.4 Å². The van der Waals surface area contributed by atoms with E-state index in [9.17, 15) is 4.79 Å². The summed E-state index contributed by atoms with van der Waals surface area (Å²) in [6.45, 7) is 6.98. The van der Waals surface area contributed by atoms with Gasteiger partial charge < -0.3 is 4.90 Å². The second-order valence-electron chi connectivity index (χ2n) is 2.44. The van der Waals surface area contributed by atoms with Gasteiger partial charge >= 0.3 is 0 Å². The molecule has 0 aromatic heterocycles. The molecule has 0 saturated carbocycles. The second-order valence-corrected chi connectivity index (χ2v) is 2.44. The van der Waals surface area contributed by atoms with E-state index < -0.39 is 0 Å². The molecule has 0 saturated heterocycles. The van der Waals surface area contributed by atoms with Crippen LogP contribution in [-0.2, 0) is 4.79 Å². The van der Waals surface area contributed by atoms with Gasteiger partial charge in [-0.3, -0.25) is 4.79 Å². The fourth-order valence-corrected chi connectivity index (χ4v) is 0.691. The standard InChI is InChI=1S/C7H15NO.ClH/c1-4-5-8(6-9)7(2)3;/h6-7H,4-5H2,1-3H3;1H. The largest absolute Gasteiger partial charge is 0.343 e. The Kier molecular flexibility index (Phi) is 8.55. The van der Waals surface area contributed by atoms with E-state index in [1.807, 2.05) is 13.8 Å². The summed E-state index contributed by atoms with van der Waals surface area (Å²) in [7, 11) is 0. The molecule has 0 spiro atoms. The third-order valence-electron chi connectivity index (χ3n) is 1.28. The molecular weight excluding hydrogens is 150 g/mol. The van der Waals surface area contributed by atoms with E-state index in [4.69, 9.17) is 0 Å². The fraction of sp³-hybridized carbons (Fsp3) is 0.857. The van der Waals surface area contributed by atoms with Crippen molar-refractivity contribution in [3.8, 4) is 0 Å². The Morgan fingerprint density at radius 1 is 1.50 bits per heavy atom. The van der Waals surface area contributed by atoms with Gasteiger partial charge in [0.1, 0.15) is 0 Å². The monoisotopic (exact) mass is 165 g/mol. The number of rotatable bonds is 4. The predicted octanol–water partition coefficient (Wildman–Crippen LogP) is 1.68. The summed E-state index contributed by atoms with van der Waals surface area (Å²) in [4.78, 5) is 12.1. The van der Waals surface area contributed by atoms with E-state index in [1.54, 1.807) is 4.90 Å². The summed E-state index contributed by atoms with van der Waals surface area (Å²) in [6.07, 6.45) is 1.95. The molecule has 0 unspecified atom stereocenters. The SMILES string of the molecule is CCCN(C=O)C(C)C.Cl. The molecule has 0 atom stereocenters. The van der Waals surface area contributed by atoms with Crippen LogP contribution in [0.4, 0.5) is 0 Å². The summed E-state index contributed by atoms with van der Waals surface area (Å²) in [5.74, 6) is 0. The molecule has 0 N–H and O–H groups in total. The van der Waals surface area contributed by atoms with Crippen molar-refractivity contribution in [2.75, 3.05) is 6.54 Å². The van der Waals surface area contributed by atoms with E-state index >= 15 is 0 Å². The molecule has 0 radical (unpaired) electrons. The number of hydrogen-bond donors (Lipinski definition) is 0. The van der Waals surface area contributed by atoms with Gasteiger partial charge in [0.15, 0.2) is 0 Å². The third kappa shape index (κ3) is 4.62. The summed E-state index contributed by atoms with van der Waals surface area (Å²) in [5.41, 5.74) is 0. The minimum absolute atomic E-state index is 0. The molecule has 0 bridgehead atoms. The number of halogens is 1. The number of amides is 1. The second kappa shape index (κ2) is 6.87. The van der Waals surface area contributed by atoms with Crippen LogP contribution in [-0.4, -0.2) is 23.9 Å². The molecule has 0 aliphatic heterocycles. The van der Waals surface area contributed by atoms with Crippen LogP contribution < -0.4 is 0 Å². The van der Waals surface area contributed by atoms with Crippen LogP contribution in [0.15, 0.2) is 0 Å². The summed E-state index contributed by atoms with van der Waals surface area (Å²) >= 11 is 0. The summed E-state index contributed by atoms with van der Waals surface area (Å²) in [5, 5.41) is 0. The lowest BCUT2D eigenvalue weighted by atomic mass is 10.3. The van der Waals surface area contributed by atoms with Gasteiger partial charge in [-0.1, -0.05) is 6.92 Å². The highest BCUT2D eigenvalue weighted by Crippen LogP contribution is 1.94. The fourth-order valence-electron chi connectivity index (χ4n) is 0.691. The van der Waals surface area contributed by atoms with Crippen LogP contribution in [0.3, 0.4) is 0 Å². The van der Waals surface area contributed by atoms with Crippen molar-refractivity contribution in [1.82, 2.24) is 4.90 Å². The minimum Gasteiger partial charge on any atom is -0.343 e. The Balaban J connectivity index is 0. The molecule has 0 rings (SSSR count). The minimum atomic E-state index is 0. The van der Waals surface area contributed by atoms with Crippen molar-refractivity contribution in [3.63, 3.8) is 0 Å². The van der Waals surface area contributed by atoms with Crippen molar-refractivity contribution in [1.29, 1.82) is 0 Å². The van der Waals surface area contributed by atoms with E-state index in [1.165, 1.54) is 0 Å². The number of carbonyl (C=O) groups excluding carboxylic acids is 1. The lowest BCUT2D eigenvalue weighted by Gasteiger charge is -2.20. The highest BCUT2D eigenvalue weighted by molar-refractivity contribution is 5.85. The number of carbonyl (C=O) groups is 1. The number of hydrogen-bond acceptors (Lipinski definition) is 1. The molecule has 0 aromatic carbocycles. The van der Waals surface area contributed by atoms with Gasteiger partial charge in [0.2, 0.25) is 6.41 Å². The Morgan fingerprint density at radius 2 is 2.00 bits per heavy atom. The smallest absolute Gasteiger partial charge is 0.209 e. The zero-order valence-corrected chi connectivity index (χ0v) is 7.65. The van der Waals surface area contributed by atoms with Gasteiger partial charge in [0, 0.05) is 12.6 Å². The van der Waals surface area contributed by atoms with Gasteiger partial charge in [-0.05, 0) is 20.3 Å². The molecule has 0 aliphatic rings. The van der Waals surface area contributed by atoms with E-state index in [0.29, 0.717) is 6.04 Å². The van der Waals surface area contributed by atoms with Gasteiger partial charge in [-0.2, -0.15) is 0 Å². The summed E-state index contributed by atoms with van der Waals surface area (Å²) in [6, 6.07) is 0.349. The van der Waals surface area contributed by atoms with Crippen molar-refractivity contribution in [3.05, 3.63) is 0 Å². The first-order valence-corrected chi connectivity index (χ1v) is 3.43. The molecule has 0 heterocycles. The lowest BCUT2D eigenvalue weighted by molar-refractivity contribution is -0.119. The maximum atomic E-state index is 10.3. The normalized spacial score (nSPS) is 8.80. The zero-order chi connectivity index (χ0) is 7.28. The molecule has 10 heavy (non-hydrogen) atoms. The molecular formula is C7H16ClNO. The zero-order valence-electron chi connectivity index (χ0n) is 6.83. The maximum absolute atomic E-state index is 10.3. The summed E-state index contributed by atoms with van der Waals surface area (Å²) < 4.78 is 0. The van der Waals surface area contributed by atoms with Gasteiger partial charge in [-0.15, -0.1) is 12.4 Å². The molecule has 3 heteroatoms. The van der Waals surface area contributed by atoms with Crippen LogP contribution in [0.2, 0.25) is 0 Å². The topological polar surface area (TPSA) is 20.3 Å². The maximum Gasteiger partial charge on any atom is 0.209 e. The van der Waals surface area contributed by atoms with Gasteiger partial charge in [0.05, 0.1) is 0 Å². The predicted molar refractivity (Wildman–Crippen MR) is 45.4 cm³/mol. The van der Waals surface area contributed by atoms with Crippen molar-refractivity contribution in [2.45, 2.75) is 33.2 Å². The average Bonchev–Trinajstić information content (AvgIpc) is 1.82. The van der Waals surface area contributed by atoms with Gasteiger partial charge in [-0.25, -0.2) is 0 Å².